The summed E-state index contributed by atoms with van der Waals surface area (Å²) in [5.41, 5.74) is 5.25. The van der Waals surface area contributed by atoms with Crippen molar-refractivity contribution in [2.45, 2.75) is 194 Å². The molecule has 2 aliphatic rings. The fraction of sp³-hybridized carbons (Fsp3) is 0.727. The lowest BCUT2D eigenvalue weighted by Crippen LogP contribution is -1.97. The number of ether oxygens (including phenoxy) is 3. The molecule has 0 aliphatic carbocycles. The van der Waals surface area contributed by atoms with Crippen molar-refractivity contribution in [1.82, 2.24) is 0 Å². The number of unbranched alkanes of at least 4 members (excludes halogenated alkanes) is 22. The van der Waals surface area contributed by atoms with Crippen LogP contribution in [0.15, 0.2) is 24.3 Å². The molecule has 0 radical (unpaired) electrons. The summed E-state index contributed by atoms with van der Waals surface area (Å²) in [6, 6.07) is 8.92. The molecule has 4 rings (SSSR count). The Balaban J connectivity index is 1.15. The van der Waals surface area contributed by atoms with E-state index in [1.54, 1.807) is 0 Å². The molecule has 3 nitrogen and oxygen atoms in total. The van der Waals surface area contributed by atoms with Gasteiger partial charge in [-0.15, -0.1) is 0 Å². The molecule has 0 atom stereocenters. The van der Waals surface area contributed by atoms with E-state index in [4.69, 9.17) is 14.2 Å². The van der Waals surface area contributed by atoms with E-state index < -0.39 is 0 Å². The van der Waals surface area contributed by atoms with E-state index in [0.29, 0.717) is 0 Å². The zero-order valence-electron chi connectivity index (χ0n) is 30.7. The van der Waals surface area contributed by atoms with Crippen LogP contribution in [-0.2, 0) is 25.7 Å². The van der Waals surface area contributed by atoms with Crippen molar-refractivity contribution in [1.29, 1.82) is 0 Å². The fourth-order valence-corrected chi connectivity index (χ4v) is 7.68. The van der Waals surface area contributed by atoms with Crippen LogP contribution in [-0.4, -0.2) is 13.2 Å². The first-order valence-electron chi connectivity index (χ1n) is 20.5. The highest BCUT2D eigenvalue weighted by molar-refractivity contribution is 5.57. The quantitative estimate of drug-likeness (QED) is 0.0861. The predicted molar refractivity (Wildman–Crippen MR) is 201 cm³/mol. The molecule has 0 saturated heterocycles. The smallest absolute Gasteiger partial charge is 0.134 e. The van der Waals surface area contributed by atoms with Gasteiger partial charge in [-0.05, 0) is 48.9 Å². The van der Waals surface area contributed by atoms with Crippen LogP contribution in [0.3, 0.4) is 0 Å². The molecule has 2 aliphatic heterocycles. The van der Waals surface area contributed by atoms with Crippen LogP contribution in [0.25, 0.3) is 0 Å². The molecule has 2 aromatic carbocycles. The van der Waals surface area contributed by atoms with Crippen LogP contribution in [0.2, 0.25) is 0 Å². The molecule has 2 heterocycles. The lowest BCUT2D eigenvalue weighted by Gasteiger charge is -2.16. The summed E-state index contributed by atoms with van der Waals surface area (Å²) < 4.78 is 19.0. The van der Waals surface area contributed by atoms with Crippen LogP contribution in [0, 0.1) is 0 Å². The summed E-state index contributed by atoms with van der Waals surface area (Å²) in [6.45, 7) is 6.12. The Bertz CT molecular complexity index is 1030. The normalized spacial score (nSPS) is 13.4. The van der Waals surface area contributed by atoms with Gasteiger partial charge in [-0.25, -0.2) is 0 Å². The molecule has 0 N–H and O–H groups in total. The molecule has 264 valence electrons. The molecule has 0 aromatic heterocycles. The highest BCUT2D eigenvalue weighted by Crippen LogP contribution is 2.43. The van der Waals surface area contributed by atoms with Crippen molar-refractivity contribution < 1.29 is 14.2 Å². The average molecular weight is 647 g/mol. The van der Waals surface area contributed by atoms with Crippen LogP contribution >= 0.6 is 0 Å². The Morgan fingerprint density at radius 1 is 0.426 bits per heavy atom. The zero-order valence-corrected chi connectivity index (χ0v) is 30.7. The third-order valence-corrected chi connectivity index (χ3v) is 10.6. The molecule has 47 heavy (non-hydrogen) atoms. The molecule has 0 fully saturated rings. The van der Waals surface area contributed by atoms with Gasteiger partial charge in [0.2, 0.25) is 0 Å². The molecule has 0 spiro atoms. The number of benzene rings is 2. The van der Waals surface area contributed by atoms with E-state index in [9.17, 15) is 0 Å². The van der Waals surface area contributed by atoms with Crippen LogP contribution in [0.1, 0.15) is 190 Å². The van der Waals surface area contributed by atoms with Gasteiger partial charge < -0.3 is 14.2 Å². The number of hydrogen-bond donors (Lipinski definition) is 0. The minimum absolute atomic E-state index is 0.764. The van der Waals surface area contributed by atoms with Gasteiger partial charge in [0.15, 0.2) is 0 Å². The van der Waals surface area contributed by atoms with E-state index in [1.807, 2.05) is 0 Å². The minimum Gasteiger partial charge on any atom is -0.493 e. The van der Waals surface area contributed by atoms with Gasteiger partial charge in [0.25, 0.3) is 0 Å². The monoisotopic (exact) mass is 647 g/mol. The molecule has 3 heteroatoms. The van der Waals surface area contributed by atoms with E-state index in [-0.39, 0.29) is 0 Å². The summed E-state index contributed by atoms with van der Waals surface area (Å²) in [5.74, 6) is 4.14. The van der Waals surface area contributed by atoms with Crippen molar-refractivity contribution in [3.05, 3.63) is 46.5 Å². The Morgan fingerprint density at radius 2 is 0.745 bits per heavy atom. The molecule has 0 amide bonds. The largest absolute Gasteiger partial charge is 0.493 e. The molecule has 0 unspecified atom stereocenters. The molecular weight excluding hydrogens is 576 g/mol. The van der Waals surface area contributed by atoms with Gasteiger partial charge in [0, 0.05) is 24.0 Å². The Hall–Kier alpha value is -2.16. The Labute approximate surface area is 289 Å². The van der Waals surface area contributed by atoms with Gasteiger partial charge in [-0.1, -0.05) is 167 Å². The number of aryl methyl sites for hydroxylation is 2. The molecule has 0 bridgehead atoms. The summed E-state index contributed by atoms with van der Waals surface area (Å²) >= 11 is 0. The second kappa shape index (κ2) is 23.2. The van der Waals surface area contributed by atoms with Crippen molar-refractivity contribution in [2.24, 2.45) is 0 Å². The number of rotatable bonds is 28. The van der Waals surface area contributed by atoms with Gasteiger partial charge >= 0.3 is 0 Å². The summed E-state index contributed by atoms with van der Waals surface area (Å²) in [5, 5.41) is 0. The second-order valence-corrected chi connectivity index (χ2v) is 14.6. The van der Waals surface area contributed by atoms with Crippen LogP contribution in [0.4, 0.5) is 0 Å². The maximum atomic E-state index is 6.65. The topological polar surface area (TPSA) is 27.7 Å². The van der Waals surface area contributed by atoms with E-state index in [1.165, 1.54) is 176 Å². The van der Waals surface area contributed by atoms with E-state index in [0.717, 1.165) is 61.9 Å². The van der Waals surface area contributed by atoms with Crippen molar-refractivity contribution in [2.75, 3.05) is 13.2 Å². The maximum Gasteiger partial charge on any atom is 0.134 e. The standard InChI is InChI=1S/C44H70O3/c1-3-5-7-9-11-13-15-17-19-21-23-25-27-37-29-31-41(39-33-35-45-43(37)39)47-42-32-30-38(44-40(42)34-36-46-44)28-26-24-22-20-18-16-14-12-10-8-6-4-2/h29-32H,3-28,33-36H2,1-2H3. The molecule has 2 aromatic rings. The molecular formula is C44H70O3. The first kappa shape index (κ1) is 37.7. The second-order valence-electron chi connectivity index (χ2n) is 14.6. The highest BCUT2D eigenvalue weighted by atomic mass is 16.5. The lowest BCUT2D eigenvalue weighted by molar-refractivity contribution is 0.353. The zero-order chi connectivity index (χ0) is 32.8. The van der Waals surface area contributed by atoms with Crippen molar-refractivity contribution >= 4 is 0 Å². The SMILES string of the molecule is CCCCCCCCCCCCCCc1ccc(Oc2ccc(CCCCCCCCCCCCCC)c3c2CCO3)c2c1OCC2. The fourth-order valence-electron chi connectivity index (χ4n) is 7.68. The average Bonchev–Trinajstić information content (AvgIpc) is 3.79. The Morgan fingerprint density at radius 3 is 1.09 bits per heavy atom. The number of fused-ring (bicyclic) bond motifs is 2. The molecule has 0 saturated carbocycles. The van der Waals surface area contributed by atoms with Crippen molar-refractivity contribution in [3.8, 4) is 23.0 Å². The van der Waals surface area contributed by atoms with Gasteiger partial charge in [0.1, 0.15) is 23.0 Å². The van der Waals surface area contributed by atoms with E-state index >= 15 is 0 Å². The maximum absolute atomic E-state index is 6.65. The van der Waals surface area contributed by atoms with Gasteiger partial charge in [-0.3, -0.25) is 0 Å². The summed E-state index contributed by atoms with van der Waals surface area (Å²) in [4.78, 5) is 0. The van der Waals surface area contributed by atoms with E-state index in [2.05, 4.69) is 38.1 Å². The third-order valence-electron chi connectivity index (χ3n) is 10.6. The number of hydrogen-bond acceptors (Lipinski definition) is 3. The Kier molecular flexibility index (Phi) is 18.6. The summed E-state index contributed by atoms with van der Waals surface area (Å²) in [6.07, 6.45) is 37.4. The first-order chi connectivity index (χ1) is 23.3. The van der Waals surface area contributed by atoms with Crippen LogP contribution < -0.4 is 14.2 Å². The van der Waals surface area contributed by atoms with Gasteiger partial charge in [-0.2, -0.15) is 0 Å². The minimum atomic E-state index is 0.764. The van der Waals surface area contributed by atoms with Gasteiger partial charge in [0.05, 0.1) is 13.2 Å². The lowest BCUT2D eigenvalue weighted by atomic mass is 9.99. The predicted octanol–water partition coefficient (Wildman–Crippen LogP) is 13.8. The third kappa shape index (κ3) is 13.3. The first-order valence-corrected chi connectivity index (χ1v) is 20.5. The highest BCUT2D eigenvalue weighted by Gasteiger charge is 2.25. The van der Waals surface area contributed by atoms with Crippen LogP contribution in [0.5, 0.6) is 23.0 Å². The van der Waals surface area contributed by atoms with Crippen molar-refractivity contribution in [3.63, 3.8) is 0 Å². The summed E-state index contributed by atoms with van der Waals surface area (Å²) in [7, 11) is 0.